The fraction of sp³-hybridized carbons (Fsp3) is 0.250. The van der Waals surface area contributed by atoms with Crippen LogP contribution in [-0.2, 0) is 0 Å². The third kappa shape index (κ3) is 1.74. The molecule has 2 heteroatoms. The first-order valence-electron chi connectivity index (χ1n) is 3.26. The molecule has 1 aromatic rings. The van der Waals surface area contributed by atoms with Crippen LogP contribution in [0.5, 0.6) is 0 Å². The Labute approximate surface area is 60.3 Å². The fourth-order valence-electron chi connectivity index (χ4n) is 0.727. The van der Waals surface area contributed by atoms with Crippen LogP contribution in [0.4, 0.5) is 0 Å². The van der Waals surface area contributed by atoms with E-state index >= 15 is 0 Å². The second-order valence-corrected chi connectivity index (χ2v) is 2.09. The molecule has 1 heterocycles. The maximum atomic E-state index is 5.25. The van der Waals surface area contributed by atoms with Gasteiger partial charge in [0.25, 0.3) is 0 Å². The number of hydrogen-bond acceptors (Lipinski definition) is 2. The molecule has 2 N–H and O–H groups in total. The molecule has 0 unspecified atom stereocenters. The van der Waals surface area contributed by atoms with Crippen molar-refractivity contribution in [3.63, 3.8) is 0 Å². The molecule has 0 amide bonds. The Morgan fingerprint density at radius 2 is 2.40 bits per heavy atom. The van der Waals surface area contributed by atoms with Gasteiger partial charge in [0.1, 0.15) is 11.5 Å². The minimum absolute atomic E-state index is 0.555. The molecule has 0 saturated heterocycles. The molecule has 0 aliphatic rings. The SMILES string of the molecule is Cc1ccc(/C=C/CN)o1. The van der Waals surface area contributed by atoms with Crippen LogP contribution in [0.25, 0.3) is 6.08 Å². The highest BCUT2D eigenvalue weighted by Crippen LogP contribution is 2.06. The highest BCUT2D eigenvalue weighted by Gasteiger charge is 1.90. The largest absolute Gasteiger partial charge is 0.462 e. The molecule has 0 bridgehead atoms. The maximum Gasteiger partial charge on any atom is 0.126 e. The highest BCUT2D eigenvalue weighted by molar-refractivity contribution is 5.42. The molecule has 1 rings (SSSR count). The van der Waals surface area contributed by atoms with Crippen LogP contribution in [0.2, 0.25) is 0 Å². The second kappa shape index (κ2) is 3.22. The maximum absolute atomic E-state index is 5.25. The van der Waals surface area contributed by atoms with E-state index in [9.17, 15) is 0 Å². The van der Waals surface area contributed by atoms with Crippen LogP contribution < -0.4 is 5.73 Å². The van der Waals surface area contributed by atoms with Crippen LogP contribution in [0, 0.1) is 6.92 Å². The molecule has 0 atom stereocenters. The monoisotopic (exact) mass is 137 g/mol. The van der Waals surface area contributed by atoms with Crippen molar-refractivity contribution in [2.24, 2.45) is 5.73 Å². The topological polar surface area (TPSA) is 39.2 Å². The van der Waals surface area contributed by atoms with Gasteiger partial charge in [-0.2, -0.15) is 0 Å². The molecule has 1 aromatic heterocycles. The molecule has 0 fully saturated rings. The van der Waals surface area contributed by atoms with Gasteiger partial charge in [0, 0.05) is 6.54 Å². The van der Waals surface area contributed by atoms with Crippen LogP contribution in [0.15, 0.2) is 22.6 Å². The van der Waals surface area contributed by atoms with Crippen molar-refractivity contribution in [2.45, 2.75) is 6.92 Å². The molecule has 10 heavy (non-hydrogen) atoms. The van der Waals surface area contributed by atoms with Gasteiger partial charge in [0.05, 0.1) is 0 Å². The molecule has 0 aromatic carbocycles. The van der Waals surface area contributed by atoms with Crippen LogP contribution in [0.3, 0.4) is 0 Å². The first kappa shape index (κ1) is 7.09. The average molecular weight is 137 g/mol. The zero-order valence-corrected chi connectivity index (χ0v) is 6.00. The third-order valence-electron chi connectivity index (χ3n) is 1.18. The van der Waals surface area contributed by atoms with Crippen molar-refractivity contribution in [3.8, 4) is 0 Å². The van der Waals surface area contributed by atoms with Crippen LogP contribution in [-0.4, -0.2) is 6.54 Å². The van der Waals surface area contributed by atoms with E-state index in [0.717, 1.165) is 11.5 Å². The molecule has 54 valence electrons. The predicted octanol–water partition coefficient (Wildman–Crippen LogP) is 1.56. The summed E-state index contributed by atoms with van der Waals surface area (Å²) in [6.45, 7) is 2.47. The molecule has 2 nitrogen and oxygen atoms in total. The predicted molar refractivity (Wildman–Crippen MR) is 41.5 cm³/mol. The van der Waals surface area contributed by atoms with E-state index in [2.05, 4.69) is 0 Å². The summed E-state index contributed by atoms with van der Waals surface area (Å²) in [7, 11) is 0. The molecule has 0 radical (unpaired) electrons. The smallest absolute Gasteiger partial charge is 0.126 e. The van der Waals surface area contributed by atoms with Gasteiger partial charge in [0.2, 0.25) is 0 Å². The lowest BCUT2D eigenvalue weighted by atomic mass is 10.4. The third-order valence-corrected chi connectivity index (χ3v) is 1.18. The zero-order chi connectivity index (χ0) is 7.40. The molecule has 0 aliphatic heterocycles. The Morgan fingerprint density at radius 1 is 1.60 bits per heavy atom. The van der Waals surface area contributed by atoms with Gasteiger partial charge in [-0.1, -0.05) is 6.08 Å². The Balaban J connectivity index is 2.67. The van der Waals surface area contributed by atoms with E-state index in [1.807, 2.05) is 31.2 Å². The lowest BCUT2D eigenvalue weighted by molar-refractivity contribution is 0.525. The number of hydrogen-bond donors (Lipinski definition) is 1. The summed E-state index contributed by atoms with van der Waals surface area (Å²) in [4.78, 5) is 0. The standard InChI is InChI=1S/C8H11NO/c1-7-4-5-8(10-7)3-2-6-9/h2-5H,6,9H2,1H3/b3-2+. The van der Waals surface area contributed by atoms with Gasteiger partial charge in [-0.3, -0.25) is 0 Å². The van der Waals surface area contributed by atoms with Gasteiger partial charge in [0.15, 0.2) is 0 Å². The van der Waals surface area contributed by atoms with Crippen molar-refractivity contribution in [2.75, 3.05) is 6.54 Å². The van der Waals surface area contributed by atoms with Crippen molar-refractivity contribution < 1.29 is 4.42 Å². The molecule has 0 saturated carbocycles. The minimum atomic E-state index is 0.555. The van der Waals surface area contributed by atoms with Gasteiger partial charge < -0.3 is 10.2 Å². The fourth-order valence-corrected chi connectivity index (χ4v) is 0.727. The average Bonchev–Trinajstić information content (AvgIpc) is 2.31. The van der Waals surface area contributed by atoms with Crippen LogP contribution in [0.1, 0.15) is 11.5 Å². The Hall–Kier alpha value is -1.02. The summed E-state index contributed by atoms with van der Waals surface area (Å²) in [6.07, 6.45) is 3.73. The van der Waals surface area contributed by atoms with Gasteiger partial charge in [-0.05, 0) is 25.1 Å². The minimum Gasteiger partial charge on any atom is -0.462 e. The summed E-state index contributed by atoms with van der Waals surface area (Å²) >= 11 is 0. The van der Waals surface area contributed by atoms with Crippen molar-refractivity contribution in [1.82, 2.24) is 0 Å². The normalized spacial score (nSPS) is 11.0. The highest BCUT2D eigenvalue weighted by atomic mass is 16.3. The van der Waals surface area contributed by atoms with Crippen molar-refractivity contribution >= 4 is 6.08 Å². The molecule has 0 spiro atoms. The van der Waals surface area contributed by atoms with Crippen molar-refractivity contribution in [1.29, 1.82) is 0 Å². The molecule has 0 aliphatic carbocycles. The Bertz CT molecular complexity index is 225. The van der Waals surface area contributed by atoms with Crippen molar-refractivity contribution in [3.05, 3.63) is 29.7 Å². The van der Waals surface area contributed by atoms with E-state index in [-0.39, 0.29) is 0 Å². The summed E-state index contributed by atoms with van der Waals surface area (Å²) in [6, 6.07) is 3.84. The van der Waals surface area contributed by atoms with E-state index in [1.54, 1.807) is 0 Å². The van der Waals surface area contributed by atoms with Gasteiger partial charge in [-0.15, -0.1) is 0 Å². The summed E-state index contributed by atoms with van der Waals surface area (Å²) in [5.41, 5.74) is 5.25. The van der Waals surface area contributed by atoms with E-state index < -0.39 is 0 Å². The lowest BCUT2D eigenvalue weighted by Crippen LogP contribution is -1.91. The lowest BCUT2D eigenvalue weighted by Gasteiger charge is -1.82. The molecular weight excluding hydrogens is 126 g/mol. The quantitative estimate of drug-likeness (QED) is 0.671. The summed E-state index contributed by atoms with van der Waals surface area (Å²) in [5, 5.41) is 0. The Kier molecular flexibility index (Phi) is 2.29. The van der Waals surface area contributed by atoms with E-state index in [1.165, 1.54) is 0 Å². The number of furan rings is 1. The summed E-state index contributed by atoms with van der Waals surface area (Å²) in [5.74, 6) is 1.79. The Morgan fingerprint density at radius 3 is 2.90 bits per heavy atom. The zero-order valence-electron chi connectivity index (χ0n) is 6.00. The number of rotatable bonds is 2. The molecular formula is C8H11NO. The summed E-state index contributed by atoms with van der Waals surface area (Å²) < 4.78 is 5.24. The van der Waals surface area contributed by atoms with Crippen LogP contribution >= 0.6 is 0 Å². The van der Waals surface area contributed by atoms with Gasteiger partial charge >= 0.3 is 0 Å². The van der Waals surface area contributed by atoms with Gasteiger partial charge in [-0.25, -0.2) is 0 Å². The second-order valence-electron chi connectivity index (χ2n) is 2.09. The van der Waals surface area contributed by atoms with E-state index in [0.29, 0.717) is 6.54 Å². The first-order valence-corrected chi connectivity index (χ1v) is 3.26. The number of aryl methyl sites for hydroxylation is 1. The van der Waals surface area contributed by atoms with E-state index in [4.69, 9.17) is 10.2 Å². The first-order chi connectivity index (χ1) is 4.83. The number of nitrogens with two attached hydrogens (primary N) is 1.